The third-order valence-corrected chi connectivity index (χ3v) is 6.60. The summed E-state index contributed by atoms with van der Waals surface area (Å²) in [4.78, 5) is 32.8. The number of benzene rings is 1. The first kappa shape index (κ1) is 16.6. The minimum absolute atomic E-state index is 0.101. The van der Waals surface area contributed by atoms with Crippen molar-refractivity contribution in [3.63, 3.8) is 0 Å². The summed E-state index contributed by atoms with van der Waals surface area (Å²) in [5.74, 6) is 0.710. The highest BCUT2D eigenvalue weighted by Crippen LogP contribution is 2.41. The van der Waals surface area contributed by atoms with Crippen LogP contribution in [0.4, 0.5) is 0 Å². The van der Waals surface area contributed by atoms with Crippen LogP contribution in [0, 0.1) is 13.8 Å². The summed E-state index contributed by atoms with van der Waals surface area (Å²) >= 11 is 3.20. The molecule has 1 N–H and O–H groups in total. The van der Waals surface area contributed by atoms with Crippen molar-refractivity contribution in [3.05, 3.63) is 43.5 Å². The number of thioether (sulfide) groups is 1. The van der Waals surface area contributed by atoms with E-state index >= 15 is 0 Å². The fraction of sp³-hybridized carbons (Fsp3) is 0.353. The van der Waals surface area contributed by atoms with Gasteiger partial charge < -0.3 is 4.74 Å². The number of nitrogens with one attached hydrogen (secondary N) is 1. The Bertz CT molecular complexity index is 1100. The van der Waals surface area contributed by atoms with E-state index in [0.29, 0.717) is 23.2 Å². The van der Waals surface area contributed by atoms with Crippen molar-refractivity contribution in [2.75, 3.05) is 12.9 Å². The zero-order chi connectivity index (χ0) is 17.7. The second-order valence-electron chi connectivity index (χ2n) is 6.13. The van der Waals surface area contributed by atoms with Crippen LogP contribution in [-0.2, 0) is 11.3 Å². The third kappa shape index (κ3) is 2.65. The van der Waals surface area contributed by atoms with Crippen LogP contribution in [0.25, 0.3) is 21.5 Å². The predicted octanol–water partition coefficient (Wildman–Crippen LogP) is 2.55. The minimum Gasteiger partial charge on any atom is -0.379 e. The number of thiazole rings is 1. The molecule has 0 saturated heterocycles. The van der Waals surface area contributed by atoms with Gasteiger partial charge in [-0.2, -0.15) is 0 Å². The normalized spacial score (nSPS) is 17.0. The Morgan fingerprint density at radius 2 is 2.16 bits per heavy atom. The van der Waals surface area contributed by atoms with Crippen LogP contribution in [0.15, 0.2) is 25.9 Å². The SMILES string of the molecule is CO[C@@H]1CSc2c(-c3nc(C)cs3)c(C)cc3c(=O)[nH]c(=O)n(c23)C1. The number of H-pyrrole nitrogens is 1. The van der Waals surface area contributed by atoms with Gasteiger partial charge in [0.15, 0.2) is 0 Å². The molecule has 0 unspecified atom stereocenters. The lowest BCUT2D eigenvalue weighted by Crippen LogP contribution is -2.34. The van der Waals surface area contributed by atoms with Gasteiger partial charge in [0.2, 0.25) is 0 Å². The Morgan fingerprint density at radius 1 is 1.36 bits per heavy atom. The van der Waals surface area contributed by atoms with Crippen molar-refractivity contribution in [3.8, 4) is 10.6 Å². The van der Waals surface area contributed by atoms with E-state index in [1.165, 1.54) is 0 Å². The molecule has 0 amide bonds. The molecule has 1 aliphatic rings. The molecule has 0 bridgehead atoms. The molecular formula is C17H17N3O3S2. The molecule has 3 aromatic rings. The highest BCUT2D eigenvalue weighted by atomic mass is 32.2. The van der Waals surface area contributed by atoms with Gasteiger partial charge in [0.1, 0.15) is 5.01 Å². The van der Waals surface area contributed by atoms with Crippen LogP contribution in [0.5, 0.6) is 0 Å². The maximum absolute atomic E-state index is 12.5. The first-order valence-corrected chi connectivity index (χ1v) is 9.74. The molecular weight excluding hydrogens is 358 g/mol. The zero-order valence-electron chi connectivity index (χ0n) is 14.1. The predicted molar refractivity (Wildman–Crippen MR) is 101 cm³/mol. The van der Waals surface area contributed by atoms with E-state index in [1.54, 1.807) is 34.8 Å². The van der Waals surface area contributed by atoms with E-state index in [2.05, 4.69) is 9.97 Å². The van der Waals surface area contributed by atoms with E-state index < -0.39 is 5.69 Å². The summed E-state index contributed by atoms with van der Waals surface area (Å²) < 4.78 is 7.14. The van der Waals surface area contributed by atoms with Gasteiger partial charge in [0.25, 0.3) is 5.56 Å². The van der Waals surface area contributed by atoms with Gasteiger partial charge in [0.05, 0.1) is 23.6 Å². The quantitative estimate of drug-likeness (QED) is 0.745. The summed E-state index contributed by atoms with van der Waals surface area (Å²) in [7, 11) is 1.64. The number of hydrogen-bond donors (Lipinski definition) is 1. The Morgan fingerprint density at radius 3 is 2.84 bits per heavy atom. The highest BCUT2D eigenvalue weighted by molar-refractivity contribution is 7.99. The number of hydrogen-bond acceptors (Lipinski definition) is 6. The van der Waals surface area contributed by atoms with Gasteiger partial charge in [-0.15, -0.1) is 23.1 Å². The van der Waals surface area contributed by atoms with Gasteiger partial charge in [-0.25, -0.2) is 9.78 Å². The summed E-state index contributed by atoms with van der Waals surface area (Å²) in [6, 6.07) is 1.85. The number of methoxy groups -OCH3 is 1. The number of rotatable bonds is 2. The first-order chi connectivity index (χ1) is 12.0. The van der Waals surface area contributed by atoms with Gasteiger partial charge in [-0.3, -0.25) is 14.3 Å². The van der Waals surface area contributed by atoms with E-state index in [4.69, 9.17) is 4.74 Å². The monoisotopic (exact) mass is 375 g/mol. The second kappa shape index (κ2) is 6.12. The lowest BCUT2D eigenvalue weighted by atomic mass is 10.1. The van der Waals surface area contributed by atoms with Crippen molar-refractivity contribution in [1.29, 1.82) is 0 Å². The fourth-order valence-electron chi connectivity index (χ4n) is 3.18. The number of aromatic amines is 1. The Balaban J connectivity index is 2.14. The molecule has 130 valence electrons. The largest absolute Gasteiger partial charge is 0.379 e. The average molecular weight is 375 g/mol. The van der Waals surface area contributed by atoms with Gasteiger partial charge in [-0.05, 0) is 25.5 Å². The molecule has 8 heteroatoms. The second-order valence-corrected chi connectivity index (χ2v) is 8.01. The first-order valence-electron chi connectivity index (χ1n) is 7.88. The van der Waals surface area contributed by atoms with Crippen LogP contribution in [-0.4, -0.2) is 33.5 Å². The van der Waals surface area contributed by atoms with Crippen LogP contribution >= 0.6 is 23.1 Å². The Kier molecular flexibility index (Phi) is 4.05. The van der Waals surface area contributed by atoms with Crippen molar-refractivity contribution in [1.82, 2.24) is 14.5 Å². The van der Waals surface area contributed by atoms with Crippen molar-refractivity contribution in [2.45, 2.75) is 31.4 Å². The standard InChI is InChI=1S/C17H17N3O3S2/c1-8-4-11-13-14(12(8)16-18-9(2)6-25-16)24-7-10(23-3)5-20(13)17(22)19-15(11)21/h4,6,10H,5,7H2,1-3H3,(H,19,21,22)/t10-/m0/s1. The van der Waals surface area contributed by atoms with Crippen LogP contribution in [0.2, 0.25) is 0 Å². The number of aromatic nitrogens is 3. The van der Waals surface area contributed by atoms with E-state index in [0.717, 1.165) is 26.7 Å². The topological polar surface area (TPSA) is 77.0 Å². The van der Waals surface area contributed by atoms with E-state index in [9.17, 15) is 9.59 Å². The molecule has 6 nitrogen and oxygen atoms in total. The van der Waals surface area contributed by atoms with E-state index in [1.807, 2.05) is 25.3 Å². The smallest absolute Gasteiger partial charge is 0.328 e. The summed E-state index contributed by atoms with van der Waals surface area (Å²) in [6.45, 7) is 4.36. The van der Waals surface area contributed by atoms with Crippen molar-refractivity contribution < 1.29 is 4.74 Å². The molecule has 2 aromatic heterocycles. The van der Waals surface area contributed by atoms with Crippen LogP contribution < -0.4 is 11.2 Å². The van der Waals surface area contributed by atoms with Gasteiger partial charge >= 0.3 is 5.69 Å². The summed E-state index contributed by atoms with van der Waals surface area (Å²) in [5.41, 5.74) is 2.89. The minimum atomic E-state index is -0.395. The van der Waals surface area contributed by atoms with Crippen molar-refractivity contribution >= 4 is 34.0 Å². The maximum atomic E-state index is 12.5. The average Bonchev–Trinajstić information content (AvgIpc) is 2.89. The maximum Gasteiger partial charge on any atom is 0.328 e. The van der Waals surface area contributed by atoms with Gasteiger partial charge in [-0.1, -0.05) is 0 Å². The molecule has 0 spiro atoms. The number of nitrogens with zero attached hydrogens (tertiary/aromatic N) is 2. The third-order valence-electron chi connectivity index (χ3n) is 4.40. The fourth-order valence-corrected chi connectivity index (χ4v) is 5.51. The molecule has 1 aromatic carbocycles. The molecule has 3 heterocycles. The zero-order valence-corrected chi connectivity index (χ0v) is 15.7. The van der Waals surface area contributed by atoms with Crippen LogP contribution in [0.3, 0.4) is 0 Å². The molecule has 0 radical (unpaired) electrons. The molecule has 1 aliphatic heterocycles. The molecule has 1 atom stereocenters. The lowest BCUT2D eigenvalue weighted by Gasteiger charge is -2.15. The molecule has 25 heavy (non-hydrogen) atoms. The lowest BCUT2D eigenvalue weighted by molar-refractivity contribution is 0.107. The van der Waals surface area contributed by atoms with Crippen LogP contribution in [0.1, 0.15) is 11.3 Å². The number of aryl methyl sites for hydroxylation is 2. The van der Waals surface area contributed by atoms with Gasteiger partial charge in [0, 0.05) is 34.4 Å². The Hall–Kier alpha value is -1.90. The van der Waals surface area contributed by atoms with E-state index in [-0.39, 0.29) is 11.7 Å². The van der Waals surface area contributed by atoms with Crippen molar-refractivity contribution in [2.24, 2.45) is 0 Å². The highest BCUT2D eigenvalue weighted by Gasteiger charge is 2.25. The molecule has 0 saturated carbocycles. The molecule has 4 rings (SSSR count). The summed E-state index contributed by atoms with van der Waals surface area (Å²) in [6.07, 6.45) is -0.101. The summed E-state index contributed by atoms with van der Waals surface area (Å²) in [5, 5.41) is 3.46. The molecule has 0 fully saturated rings. The Labute approximate surface area is 151 Å². The molecule has 0 aliphatic carbocycles. The number of ether oxygens (including phenoxy) is 1.